The fraction of sp³-hybridized carbons (Fsp3) is 0.417. The molecule has 3 nitrogen and oxygen atoms in total. The molecule has 0 bridgehead atoms. The molecule has 0 fully saturated rings. The minimum atomic E-state index is -5.02. The van der Waals surface area contributed by atoms with Gasteiger partial charge in [-0.05, 0) is 26.3 Å². The van der Waals surface area contributed by atoms with Crippen molar-refractivity contribution in [2.45, 2.75) is 32.9 Å². The molecule has 0 aliphatic heterocycles. The molecule has 0 saturated heterocycles. The minimum absolute atomic E-state index is 0.00505. The largest absolute Gasteiger partial charge is 0.509 e. The molecule has 106 valence electrons. The molecule has 0 radical (unpaired) electrons. The predicted molar refractivity (Wildman–Crippen MR) is 68.2 cm³/mol. The molecule has 19 heavy (non-hydrogen) atoms. The Hall–Kier alpha value is -1.66. The van der Waals surface area contributed by atoms with Crippen LogP contribution in [0.15, 0.2) is 24.3 Å². The first-order valence-corrected chi connectivity index (χ1v) is 5.83. The monoisotopic (exact) mass is 274 g/mol. The van der Waals surface area contributed by atoms with Crippen LogP contribution in [0.5, 0.6) is 0 Å². The van der Waals surface area contributed by atoms with Crippen molar-refractivity contribution in [3.05, 3.63) is 29.8 Å². The summed E-state index contributed by atoms with van der Waals surface area (Å²) in [5, 5.41) is 2.41. The zero-order valence-electron chi connectivity index (χ0n) is 11.0. The SMILES string of the molecule is CC(C)(C)OC(=O)NCc1cccc([B-](F)(F)F)c1. The summed E-state index contributed by atoms with van der Waals surface area (Å²) in [6.07, 6.45) is -0.657. The summed E-state index contributed by atoms with van der Waals surface area (Å²) in [7, 11) is 0. The van der Waals surface area contributed by atoms with Crippen molar-refractivity contribution in [2.24, 2.45) is 0 Å². The summed E-state index contributed by atoms with van der Waals surface area (Å²) in [4.78, 5) is 11.4. The molecule has 1 rings (SSSR count). The van der Waals surface area contributed by atoms with Crippen molar-refractivity contribution in [3.8, 4) is 0 Å². The van der Waals surface area contributed by atoms with Crippen LogP contribution in [-0.2, 0) is 11.3 Å². The molecule has 0 saturated carbocycles. The zero-order valence-corrected chi connectivity index (χ0v) is 11.0. The standard InChI is InChI=1S/C12H16BF3NO2/c1-12(2,3)19-11(18)17-8-9-5-4-6-10(7-9)13(14,15)16/h4-7H,8H2,1-3H3,(H,17,18)/q-1. The topological polar surface area (TPSA) is 38.3 Å². The molecule has 0 aliphatic rings. The van der Waals surface area contributed by atoms with Crippen molar-refractivity contribution < 1.29 is 22.5 Å². The maximum absolute atomic E-state index is 12.5. The Morgan fingerprint density at radius 3 is 2.47 bits per heavy atom. The highest BCUT2D eigenvalue weighted by molar-refractivity contribution is 6.73. The third-order valence-electron chi connectivity index (χ3n) is 2.16. The van der Waals surface area contributed by atoms with E-state index in [1.165, 1.54) is 12.1 Å². The quantitative estimate of drug-likeness (QED) is 0.861. The van der Waals surface area contributed by atoms with E-state index < -0.39 is 24.1 Å². The molecule has 7 heteroatoms. The molecule has 0 unspecified atom stereocenters. The van der Waals surface area contributed by atoms with Gasteiger partial charge in [0.05, 0.1) is 0 Å². The summed E-state index contributed by atoms with van der Waals surface area (Å²) < 4.78 is 42.6. The maximum Gasteiger partial charge on any atom is 0.509 e. The smallest absolute Gasteiger partial charge is 0.445 e. The molecule has 0 heterocycles. The second-order valence-corrected chi connectivity index (χ2v) is 5.18. The normalized spacial score (nSPS) is 12.1. The van der Waals surface area contributed by atoms with Gasteiger partial charge in [-0.2, -0.15) is 0 Å². The van der Waals surface area contributed by atoms with Crippen LogP contribution in [0.25, 0.3) is 0 Å². The van der Waals surface area contributed by atoms with Gasteiger partial charge >= 0.3 is 13.1 Å². The van der Waals surface area contributed by atoms with Crippen LogP contribution >= 0.6 is 0 Å². The molecular weight excluding hydrogens is 258 g/mol. The lowest BCUT2D eigenvalue weighted by atomic mass is 9.79. The van der Waals surface area contributed by atoms with Gasteiger partial charge in [-0.25, -0.2) is 4.79 Å². The van der Waals surface area contributed by atoms with Crippen molar-refractivity contribution in [3.63, 3.8) is 0 Å². The number of halogens is 3. The Morgan fingerprint density at radius 1 is 1.32 bits per heavy atom. The molecule has 1 aromatic rings. The van der Waals surface area contributed by atoms with Crippen molar-refractivity contribution in [2.75, 3.05) is 0 Å². The van der Waals surface area contributed by atoms with Crippen LogP contribution in [0.3, 0.4) is 0 Å². The first-order valence-electron chi connectivity index (χ1n) is 5.83. The summed E-state index contributed by atoms with van der Waals surface area (Å²) in [5.41, 5.74) is -0.938. The van der Waals surface area contributed by atoms with Crippen LogP contribution in [-0.4, -0.2) is 18.7 Å². The second kappa shape index (κ2) is 5.55. The highest BCUT2D eigenvalue weighted by Crippen LogP contribution is 2.10. The van der Waals surface area contributed by atoms with Gasteiger partial charge in [-0.3, -0.25) is 0 Å². The minimum Gasteiger partial charge on any atom is -0.445 e. The van der Waals surface area contributed by atoms with Gasteiger partial charge in [0.15, 0.2) is 0 Å². The van der Waals surface area contributed by atoms with Gasteiger partial charge < -0.3 is 23.0 Å². The lowest BCUT2D eigenvalue weighted by molar-refractivity contribution is 0.0523. The van der Waals surface area contributed by atoms with Gasteiger partial charge in [0, 0.05) is 6.54 Å². The van der Waals surface area contributed by atoms with Crippen molar-refractivity contribution >= 4 is 18.5 Å². The van der Waals surface area contributed by atoms with Gasteiger partial charge in [0.2, 0.25) is 0 Å². The Balaban J connectivity index is 2.62. The number of hydrogen-bond acceptors (Lipinski definition) is 2. The number of nitrogens with one attached hydrogen (secondary N) is 1. The Labute approximate surface area is 110 Å². The molecule has 0 aliphatic carbocycles. The van der Waals surface area contributed by atoms with Crippen LogP contribution in [0.2, 0.25) is 0 Å². The van der Waals surface area contributed by atoms with E-state index in [4.69, 9.17) is 4.74 Å². The van der Waals surface area contributed by atoms with E-state index in [-0.39, 0.29) is 6.54 Å². The number of carbonyl (C=O) groups is 1. The molecule has 0 spiro atoms. The second-order valence-electron chi connectivity index (χ2n) is 5.18. The van der Waals surface area contributed by atoms with Gasteiger partial charge in [-0.15, -0.1) is 5.46 Å². The molecule has 0 aromatic heterocycles. The van der Waals surface area contributed by atoms with E-state index in [0.717, 1.165) is 12.1 Å². The molecule has 1 N–H and O–H groups in total. The number of carbonyl (C=O) groups excluding carboxylic acids is 1. The van der Waals surface area contributed by atoms with E-state index in [1.807, 2.05) is 0 Å². The Morgan fingerprint density at radius 2 is 1.95 bits per heavy atom. The summed E-state index contributed by atoms with van der Waals surface area (Å²) in [5.74, 6) is 0. The lowest BCUT2D eigenvalue weighted by Crippen LogP contribution is -2.35. The van der Waals surface area contributed by atoms with Gasteiger partial charge in [-0.1, -0.05) is 24.3 Å². The maximum atomic E-state index is 12.5. The van der Waals surface area contributed by atoms with Crippen molar-refractivity contribution in [1.29, 1.82) is 0 Å². The average molecular weight is 274 g/mol. The molecule has 1 amide bonds. The third kappa shape index (κ3) is 5.67. The first-order chi connectivity index (χ1) is 8.58. The summed E-state index contributed by atoms with van der Waals surface area (Å²) in [6.45, 7) is 0.0939. The number of hydrogen-bond donors (Lipinski definition) is 1. The number of ether oxygens (including phenoxy) is 1. The number of rotatable bonds is 3. The van der Waals surface area contributed by atoms with Gasteiger partial charge in [0.25, 0.3) is 0 Å². The Bertz CT molecular complexity index is 455. The van der Waals surface area contributed by atoms with Crippen molar-refractivity contribution in [1.82, 2.24) is 5.32 Å². The van der Waals surface area contributed by atoms with Crippen LogP contribution in [0, 0.1) is 0 Å². The van der Waals surface area contributed by atoms with Crippen LogP contribution in [0.1, 0.15) is 26.3 Å². The van der Waals surface area contributed by atoms with Crippen LogP contribution < -0.4 is 10.8 Å². The highest BCUT2D eigenvalue weighted by atomic mass is 19.4. The lowest BCUT2D eigenvalue weighted by Gasteiger charge is -2.20. The predicted octanol–water partition coefficient (Wildman–Crippen LogP) is 2.77. The fourth-order valence-corrected chi connectivity index (χ4v) is 1.40. The highest BCUT2D eigenvalue weighted by Gasteiger charge is 2.25. The third-order valence-corrected chi connectivity index (χ3v) is 2.16. The van der Waals surface area contributed by atoms with E-state index in [0.29, 0.717) is 5.56 Å². The molecule has 1 aromatic carbocycles. The number of benzene rings is 1. The summed E-state index contributed by atoms with van der Waals surface area (Å²) >= 11 is 0. The average Bonchev–Trinajstić information content (AvgIpc) is 2.23. The number of alkyl carbamates (subject to hydrolysis) is 1. The van der Waals surface area contributed by atoms with Crippen LogP contribution in [0.4, 0.5) is 17.7 Å². The number of amides is 1. The zero-order chi connectivity index (χ0) is 14.7. The van der Waals surface area contributed by atoms with E-state index in [2.05, 4.69) is 5.32 Å². The molecular formula is C12H16BF3NO2-. The summed E-state index contributed by atoms with van der Waals surface area (Å²) in [6, 6.07) is 4.87. The van der Waals surface area contributed by atoms with E-state index >= 15 is 0 Å². The fourth-order valence-electron chi connectivity index (χ4n) is 1.40. The first kappa shape index (κ1) is 15.4. The van der Waals surface area contributed by atoms with E-state index in [9.17, 15) is 17.7 Å². The Kier molecular flexibility index (Phi) is 4.50. The van der Waals surface area contributed by atoms with E-state index in [1.54, 1.807) is 20.8 Å². The van der Waals surface area contributed by atoms with Gasteiger partial charge in [0.1, 0.15) is 5.60 Å². The molecule has 0 atom stereocenters.